The van der Waals surface area contributed by atoms with Gasteiger partial charge in [0, 0.05) is 5.75 Å². The Labute approximate surface area is 199 Å². The summed E-state index contributed by atoms with van der Waals surface area (Å²) in [7, 11) is 0. The van der Waals surface area contributed by atoms with Gasteiger partial charge in [0.15, 0.2) is 5.17 Å². The van der Waals surface area contributed by atoms with Gasteiger partial charge in [-0.05, 0) is 30.5 Å². The molecule has 0 aliphatic carbocycles. The molecule has 0 N–H and O–H groups in total. The van der Waals surface area contributed by atoms with Gasteiger partial charge in [0.25, 0.3) is 0 Å². The first-order chi connectivity index (χ1) is 16.2. The van der Waals surface area contributed by atoms with Crippen molar-refractivity contribution in [3.63, 3.8) is 0 Å². The molecule has 1 saturated heterocycles. The van der Waals surface area contributed by atoms with Gasteiger partial charge in [-0.2, -0.15) is 0 Å². The minimum atomic E-state index is -0.481. The number of thioether (sulfide) groups is 1. The Morgan fingerprint density at radius 3 is 2.06 bits per heavy atom. The average molecular weight is 455 g/mol. The molecule has 1 atom stereocenters. The summed E-state index contributed by atoms with van der Waals surface area (Å²) in [5.41, 5.74) is 4.25. The third-order valence-corrected chi connectivity index (χ3v) is 7.43. The second kappa shape index (κ2) is 8.91. The summed E-state index contributed by atoms with van der Waals surface area (Å²) in [5, 5.41) is 0.933. The van der Waals surface area contributed by atoms with Crippen LogP contribution in [0, 0.1) is 0 Å². The molecule has 5 heteroatoms. The van der Waals surface area contributed by atoms with Crippen LogP contribution >= 0.6 is 11.8 Å². The predicted octanol–water partition coefficient (Wildman–Crippen LogP) is 5.93. The van der Waals surface area contributed by atoms with Crippen molar-refractivity contribution in [3.8, 4) is 0 Å². The van der Waals surface area contributed by atoms with E-state index < -0.39 is 5.54 Å². The summed E-state index contributed by atoms with van der Waals surface area (Å²) in [6.45, 7) is 4.08. The van der Waals surface area contributed by atoms with Gasteiger partial charge in [-0.15, -0.1) is 0 Å². The first-order valence-corrected chi connectivity index (χ1v) is 12.2. The Balaban J connectivity index is 1.79. The van der Waals surface area contributed by atoms with Crippen LogP contribution in [0.1, 0.15) is 36.6 Å². The number of esters is 1. The molecule has 3 aromatic carbocycles. The average Bonchev–Trinajstić information content (AvgIpc) is 3.25. The monoisotopic (exact) mass is 454 g/mol. The molecule has 4 nitrogen and oxygen atoms in total. The fourth-order valence-electron chi connectivity index (χ4n) is 4.88. The van der Waals surface area contributed by atoms with Crippen LogP contribution in [0.25, 0.3) is 0 Å². The van der Waals surface area contributed by atoms with Crippen LogP contribution in [-0.4, -0.2) is 28.4 Å². The highest BCUT2D eigenvalue weighted by atomic mass is 32.2. The number of benzene rings is 3. The van der Waals surface area contributed by atoms with E-state index in [1.54, 1.807) is 11.8 Å². The standard InChI is InChI=1S/C28H26N2O2S/c1-3-32-26(31)24-20(2)29-27-30(25(24)21-13-7-4-8-14-21)28(19-33-27,22-15-9-5-10-16-22)23-17-11-6-12-18-23/h4-18,25H,3,19H2,1-2H3. The van der Waals surface area contributed by atoms with E-state index in [1.807, 2.05) is 44.2 Å². The number of aliphatic imine (C=N–C) groups is 1. The molecule has 3 aromatic rings. The predicted molar refractivity (Wildman–Crippen MR) is 134 cm³/mol. The van der Waals surface area contributed by atoms with Crippen LogP contribution in [0.2, 0.25) is 0 Å². The van der Waals surface area contributed by atoms with Crippen LogP contribution in [0.5, 0.6) is 0 Å². The minimum absolute atomic E-state index is 0.307. The first-order valence-electron chi connectivity index (χ1n) is 11.2. The summed E-state index contributed by atoms with van der Waals surface area (Å²) in [6.07, 6.45) is 0. The number of carbonyl (C=O) groups excluding carboxylic acids is 1. The lowest BCUT2D eigenvalue weighted by Crippen LogP contribution is -2.50. The van der Waals surface area contributed by atoms with Crippen molar-refractivity contribution >= 4 is 22.9 Å². The van der Waals surface area contributed by atoms with Gasteiger partial charge in [0.05, 0.1) is 23.9 Å². The summed E-state index contributed by atoms with van der Waals surface area (Å²) in [6, 6.07) is 31.0. The Morgan fingerprint density at radius 2 is 1.52 bits per heavy atom. The van der Waals surface area contributed by atoms with Crippen molar-refractivity contribution in [2.24, 2.45) is 4.99 Å². The molecule has 33 heavy (non-hydrogen) atoms. The maximum Gasteiger partial charge on any atom is 0.338 e. The van der Waals surface area contributed by atoms with Crippen molar-refractivity contribution < 1.29 is 9.53 Å². The van der Waals surface area contributed by atoms with Gasteiger partial charge in [0.2, 0.25) is 0 Å². The van der Waals surface area contributed by atoms with Crippen LogP contribution < -0.4 is 0 Å². The second-order valence-electron chi connectivity index (χ2n) is 8.18. The molecule has 0 amide bonds. The Hall–Kier alpha value is -3.31. The van der Waals surface area contributed by atoms with Gasteiger partial charge >= 0.3 is 5.97 Å². The lowest BCUT2D eigenvalue weighted by atomic mass is 9.80. The van der Waals surface area contributed by atoms with Crippen molar-refractivity contribution in [1.29, 1.82) is 0 Å². The molecule has 0 spiro atoms. The lowest BCUT2D eigenvalue weighted by Gasteiger charge is -2.46. The van der Waals surface area contributed by atoms with Crippen molar-refractivity contribution in [3.05, 3.63) is 119 Å². The number of carbonyl (C=O) groups is 1. The summed E-state index contributed by atoms with van der Waals surface area (Å²) < 4.78 is 5.53. The molecule has 0 radical (unpaired) electrons. The number of allylic oxidation sites excluding steroid dienone is 1. The molecule has 1 fully saturated rings. The largest absolute Gasteiger partial charge is 0.463 e. The molecule has 2 aliphatic rings. The van der Waals surface area contributed by atoms with Crippen LogP contribution in [0.3, 0.4) is 0 Å². The fraction of sp³-hybridized carbons (Fsp3) is 0.214. The molecule has 1 unspecified atom stereocenters. The minimum Gasteiger partial charge on any atom is -0.463 e. The topological polar surface area (TPSA) is 41.9 Å². The van der Waals surface area contributed by atoms with Crippen LogP contribution in [0.15, 0.2) is 107 Å². The third kappa shape index (κ3) is 3.57. The molecule has 2 aliphatic heterocycles. The normalized spacial score (nSPS) is 19.2. The van der Waals surface area contributed by atoms with E-state index in [0.717, 1.165) is 22.2 Å². The number of hydrogen-bond acceptors (Lipinski definition) is 5. The zero-order valence-electron chi connectivity index (χ0n) is 18.8. The second-order valence-corrected chi connectivity index (χ2v) is 9.12. The van der Waals surface area contributed by atoms with E-state index in [1.165, 1.54) is 11.1 Å². The van der Waals surface area contributed by atoms with Crippen molar-refractivity contribution in [1.82, 2.24) is 4.90 Å². The Bertz CT molecular complexity index is 1170. The highest BCUT2D eigenvalue weighted by molar-refractivity contribution is 8.14. The maximum atomic E-state index is 13.3. The molecule has 0 aromatic heterocycles. The highest BCUT2D eigenvalue weighted by Crippen LogP contribution is 2.54. The maximum absolute atomic E-state index is 13.3. The molecule has 0 bridgehead atoms. The smallest absolute Gasteiger partial charge is 0.338 e. The van der Waals surface area contributed by atoms with E-state index in [4.69, 9.17) is 9.73 Å². The summed E-state index contributed by atoms with van der Waals surface area (Å²) >= 11 is 1.74. The van der Waals surface area contributed by atoms with E-state index >= 15 is 0 Å². The van der Waals surface area contributed by atoms with Gasteiger partial charge < -0.3 is 9.64 Å². The fourth-order valence-corrected chi connectivity index (χ4v) is 6.29. The zero-order chi connectivity index (χ0) is 22.8. The van der Waals surface area contributed by atoms with E-state index in [9.17, 15) is 4.79 Å². The third-order valence-electron chi connectivity index (χ3n) is 6.33. The van der Waals surface area contributed by atoms with E-state index in [0.29, 0.717) is 12.2 Å². The molecular formula is C28H26N2O2S. The van der Waals surface area contributed by atoms with E-state index in [2.05, 4.69) is 65.6 Å². The van der Waals surface area contributed by atoms with Gasteiger partial charge in [0.1, 0.15) is 5.54 Å². The number of ether oxygens (including phenoxy) is 1. The highest BCUT2D eigenvalue weighted by Gasteiger charge is 2.54. The zero-order valence-corrected chi connectivity index (χ0v) is 19.6. The van der Waals surface area contributed by atoms with Crippen molar-refractivity contribution in [2.45, 2.75) is 25.4 Å². The van der Waals surface area contributed by atoms with E-state index in [-0.39, 0.29) is 12.0 Å². The van der Waals surface area contributed by atoms with Gasteiger partial charge in [-0.1, -0.05) is 103 Å². The number of rotatable bonds is 5. The Kier molecular flexibility index (Phi) is 5.81. The van der Waals surface area contributed by atoms with Gasteiger partial charge in [-0.3, -0.25) is 0 Å². The summed E-state index contributed by atoms with van der Waals surface area (Å²) in [4.78, 5) is 20.6. The number of nitrogens with zero attached hydrogens (tertiary/aromatic N) is 2. The SMILES string of the molecule is CCOC(=O)C1=C(C)N=C2SCC(c3ccccc3)(c3ccccc3)N2C1c1ccccc1. The Morgan fingerprint density at radius 1 is 0.970 bits per heavy atom. The van der Waals surface area contributed by atoms with Gasteiger partial charge in [-0.25, -0.2) is 9.79 Å². The number of hydrogen-bond donors (Lipinski definition) is 0. The number of fused-ring (bicyclic) bond motifs is 1. The van der Waals surface area contributed by atoms with Crippen molar-refractivity contribution in [2.75, 3.05) is 12.4 Å². The lowest BCUT2D eigenvalue weighted by molar-refractivity contribution is -0.139. The number of amidine groups is 1. The molecule has 0 saturated carbocycles. The quantitative estimate of drug-likeness (QED) is 0.448. The molecule has 5 rings (SSSR count). The summed E-state index contributed by atoms with van der Waals surface area (Å²) in [5.74, 6) is 0.491. The van der Waals surface area contributed by atoms with Crippen LogP contribution in [-0.2, 0) is 15.1 Å². The molecule has 166 valence electrons. The first kappa shape index (κ1) is 21.5. The van der Waals surface area contributed by atoms with Crippen LogP contribution in [0.4, 0.5) is 0 Å². The molecular weight excluding hydrogens is 428 g/mol. The molecule has 2 heterocycles.